The van der Waals surface area contributed by atoms with Crippen molar-refractivity contribution >= 4 is 11.6 Å². The van der Waals surface area contributed by atoms with E-state index in [0.717, 1.165) is 17.6 Å². The number of carbonyl (C=O) groups excluding carboxylic acids is 1. The van der Waals surface area contributed by atoms with E-state index in [2.05, 4.69) is 17.2 Å². The Morgan fingerprint density at radius 1 is 1.20 bits per heavy atom. The molecular weight excluding hydrogens is 314 g/mol. The summed E-state index contributed by atoms with van der Waals surface area (Å²) in [5.41, 5.74) is 2.54. The summed E-state index contributed by atoms with van der Waals surface area (Å²) in [5, 5.41) is 3.03. The predicted octanol–water partition coefficient (Wildman–Crippen LogP) is 3.32. The van der Waals surface area contributed by atoms with E-state index in [0.29, 0.717) is 17.9 Å². The fourth-order valence-electron chi connectivity index (χ4n) is 3.20. The summed E-state index contributed by atoms with van der Waals surface area (Å²) in [4.78, 5) is 17.3. The highest BCUT2D eigenvalue weighted by molar-refractivity contribution is 5.94. The van der Waals surface area contributed by atoms with Gasteiger partial charge in [0.2, 0.25) is 0 Å². The number of imidazole rings is 1. The molecule has 0 aliphatic rings. The van der Waals surface area contributed by atoms with E-state index in [1.807, 2.05) is 66.1 Å². The fourth-order valence-corrected chi connectivity index (χ4v) is 3.20. The van der Waals surface area contributed by atoms with Gasteiger partial charge in [-0.1, -0.05) is 43.3 Å². The van der Waals surface area contributed by atoms with E-state index < -0.39 is 5.60 Å². The zero-order valence-electron chi connectivity index (χ0n) is 14.8. The fraction of sp³-hybridized carbons (Fsp3) is 0.300. The Hall–Kier alpha value is -2.66. The standard InChI is InChI=1S/C20H23N3O2/c1-4-20(25-3,16-10-6-5-7-11-16)14-21-19(24)18-15(2)22-17-12-8-9-13-23(17)18/h5-13H,4,14H2,1-3H3,(H,21,24). The lowest BCUT2D eigenvalue weighted by Gasteiger charge is -2.32. The maximum Gasteiger partial charge on any atom is 0.270 e. The van der Waals surface area contributed by atoms with E-state index in [1.54, 1.807) is 7.11 Å². The van der Waals surface area contributed by atoms with Crippen molar-refractivity contribution in [2.24, 2.45) is 0 Å². The van der Waals surface area contributed by atoms with Crippen LogP contribution < -0.4 is 5.32 Å². The Kier molecular flexibility index (Phi) is 4.86. The molecule has 3 aromatic rings. The molecule has 5 heteroatoms. The molecule has 0 aliphatic heterocycles. The van der Waals surface area contributed by atoms with Crippen LogP contribution in [-0.4, -0.2) is 28.9 Å². The molecule has 0 spiro atoms. The molecule has 1 N–H and O–H groups in total. The molecule has 130 valence electrons. The highest BCUT2D eigenvalue weighted by Crippen LogP contribution is 2.28. The number of aryl methyl sites for hydroxylation is 1. The van der Waals surface area contributed by atoms with Gasteiger partial charge in [-0.3, -0.25) is 9.20 Å². The summed E-state index contributed by atoms with van der Waals surface area (Å²) in [5.74, 6) is -0.151. The largest absolute Gasteiger partial charge is 0.372 e. The number of fused-ring (bicyclic) bond motifs is 1. The Bertz CT molecular complexity index is 867. The van der Waals surface area contributed by atoms with Gasteiger partial charge in [0.15, 0.2) is 0 Å². The summed E-state index contributed by atoms with van der Waals surface area (Å²) < 4.78 is 7.63. The quantitative estimate of drug-likeness (QED) is 0.751. The minimum atomic E-state index is -0.550. The van der Waals surface area contributed by atoms with Gasteiger partial charge in [0.05, 0.1) is 12.2 Å². The van der Waals surface area contributed by atoms with Crippen LogP contribution in [0.4, 0.5) is 0 Å². The van der Waals surface area contributed by atoms with E-state index in [4.69, 9.17) is 4.74 Å². The number of aromatic nitrogens is 2. The lowest BCUT2D eigenvalue weighted by atomic mass is 9.90. The van der Waals surface area contributed by atoms with Crippen LogP contribution in [0.2, 0.25) is 0 Å². The zero-order valence-corrected chi connectivity index (χ0v) is 14.8. The van der Waals surface area contributed by atoms with Gasteiger partial charge in [-0.25, -0.2) is 4.98 Å². The molecule has 1 amide bonds. The van der Waals surface area contributed by atoms with Crippen molar-refractivity contribution < 1.29 is 9.53 Å². The van der Waals surface area contributed by atoms with Crippen LogP contribution in [0.1, 0.15) is 35.1 Å². The van der Waals surface area contributed by atoms with Gasteiger partial charge in [-0.15, -0.1) is 0 Å². The first-order chi connectivity index (χ1) is 12.1. The second-order valence-electron chi connectivity index (χ2n) is 6.08. The second kappa shape index (κ2) is 7.07. The maximum absolute atomic E-state index is 12.8. The van der Waals surface area contributed by atoms with Gasteiger partial charge in [0, 0.05) is 13.3 Å². The molecule has 25 heavy (non-hydrogen) atoms. The maximum atomic E-state index is 12.8. The molecule has 0 saturated heterocycles. The Morgan fingerprint density at radius 2 is 1.92 bits per heavy atom. The summed E-state index contributed by atoms with van der Waals surface area (Å²) in [6.45, 7) is 4.30. The summed E-state index contributed by atoms with van der Waals surface area (Å²) >= 11 is 0. The Balaban J connectivity index is 1.86. The average Bonchev–Trinajstić information content (AvgIpc) is 2.99. The second-order valence-corrected chi connectivity index (χ2v) is 6.08. The smallest absolute Gasteiger partial charge is 0.270 e. The molecular formula is C20H23N3O2. The molecule has 2 aromatic heterocycles. The third-order valence-corrected chi connectivity index (χ3v) is 4.72. The minimum absolute atomic E-state index is 0.151. The van der Waals surface area contributed by atoms with Crippen molar-refractivity contribution in [3.63, 3.8) is 0 Å². The first kappa shape index (κ1) is 17.2. The lowest BCUT2D eigenvalue weighted by Crippen LogP contribution is -2.42. The van der Waals surface area contributed by atoms with Gasteiger partial charge in [0.25, 0.3) is 5.91 Å². The molecule has 0 bridgehead atoms. The number of methoxy groups -OCH3 is 1. The van der Waals surface area contributed by atoms with Gasteiger partial charge in [-0.2, -0.15) is 0 Å². The third-order valence-electron chi connectivity index (χ3n) is 4.72. The number of nitrogens with zero attached hydrogens (tertiary/aromatic N) is 2. The summed E-state index contributed by atoms with van der Waals surface area (Å²) in [6, 6.07) is 15.7. The molecule has 1 atom stereocenters. The molecule has 0 fully saturated rings. The van der Waals surface area contributed by atoms with Crippen LogP contribution >= 0.6 is 0 Å². The van der Waals surface area contributed by atoms with Gasteiger partial charge in [-0.05, 0) is 31.0 Å². The first-order valence-electron chi connectivity index (χ1n) is 8.44. The van der Waals surface area contributed by atoms with Crippen molar-refractivity contribution in [3.8, 4) is 0 Å². The van der Waals surface area contributed by atoms with Crippen molar-refractivity contribution in [2.75, 3.05) is 13.7 Å². The van der Waals surface area contributed by atoms with E-state index >= 15 is 0 Å². The number of pyridine rings is 1. The number of amides is 1. The van der Waals surface area contributed by atoms with Crippen LogP contribution in [0.5, 0.6) is 0 Å². The topological polar surface area (TPSA) is 55.6 Å². The minimum Gasteiger partial charge on any atom is -0.372 e. The molecule has 0 radical (unpaired) electrons. The Labute approximate surface area is 147 Å². The SMILES string of the molecule is CCC(CNC(=O)c1c(C)nc2ccccn12)(OC)c1ccccc1. The van der Waals surface area contributed by atoms with Crippen molar-refractivity contribution in [1.29, 1.82) is 0 Å². The van der Waals surface area contributed by atoms with Crippen LogP contribution in [0.3, 0.4) is 0 Å². The molecule has 1 unspecified atom stereocenters. The lowest BCUT2D eigenvalue weighted by molar-refractivity contribution is -0.0164. The number of hydrogen-bond donors (Lipinski definition) is 1. The monoisotopic (exact) mass is 337 g/mol. The van der Waals surface area contributed by atoms with E-state index in [-0.39, 0.29) is 5.91 Å². The van der Waals surface area contributed by atoms with Crippen molar-refractivity contribution in [3.05, 3.63) is 71.7 Å². The molecule has 0 saturated carbocycles. The summed E-state index contributed by atoms with van der Waals surface area (Å²) in [7, 11) is 1.68. The number of carbonyl (C=O) groups is 1. The number of ether oxygens (including phenoxy) is 1. The number of hydrogen-bond acceptors (Lipinski definition) is 3. The summed E-state index contributed by atoms with van der Waals surface area (Å²) in [6.07, 6.45) is 2.60. The third kappa shape index (κ3) is 3.15. The number of nitrogens with one attached hydrogen (secondary N) is 1. The van der Waals surface area contributed by atoms with Gasteiger partial charge >= 0.3 is 0 Å². The van der Waals surface area contributed by atoms with Gasteiger partial charge in [0.1, 0.15) is 16.9 Å². The van der Waals surface area contributed by atoms with Crippen molar-refractivity contribution in [2.45, 2.75) is 25.9 Å². The average molecular weight is 337 g/mol. The normalized spacial score (nSPS) is 13.6. The van der Waals surface area contributed by atoms with Crippen LogP contribution in [0.15, 0.2) is 54.7 Å². The van der Waals surface area contributed by atoms with Crippen LogP contribution in [0.25, 0.3) is 5.65 Å². The van der Waals surface area contributed by atoms with Crippen molar-refractivity contribution in [1.82, 2.24) is 14.7 Å². The number of benzene rings is 1. The highest BCUT2D eigenvalue weighted by Gasteiger charge is 2.31. The van der Waals surface area contributed by atoms with E-state index in [1.165, 1.54) is 0 Å². The zero-order chi connectivity index (χ0) is 17.9. The molecule has 5 nitrogen and oxygen atoms in total. The van der Waals surface area contributed by atoms with Crippen LogP contribution in [-0.2, 0) is 10.3 Å². The molecule has 0 aliphatic carbocycles. The molecule has 2 heterocycles. The number of rotatable bonds is 6. The van der Waals surface area contributed by atoms with Crippen LogP contribution in [0, 0.1) is 6.92 Å². The van der Waals surface area contributed by atoms with E-state index in [9.17, 15) is 4.79 Å². The highest BCUT2D eigenvalue weighted by atomic mass is 16.5. The first-order valence-corrected chi connectivity index (χ1v) is 8.44. The van der Waals surface area contributed by atoms with Gasteiger partial charge < -0.3 is 10.1 Å². The molecule has 1 aromatic carbocycles. The molecule has 3 rings (SSSR count). The predicted molar refractivity (Wildman–Crippen MR) is 97.7 cm³/mol. The Morgan fingerprint density at radius 3 is 2.60 bits per heavy atom.